The standard InChI is InChI=1S/C56H40/c1-3-13-37(14-4-1)42-27-29-49-53(33-42)51(45-22-11-21-44(32-45)48-24-12-20-40-18-9-10-23-47(40)48)35-55-50-30-28-43(38-15-5-2-6-16-38)34-54(50)52(36-56(49)55)46-26-25-39-17-7-8-19-41(39)31-46/h1-30,32-36,41,49,53H,31H2. The molecule has 11 rings (SSSR count). The Bertz CT molecular complexity index is 2920. The number of fused-ring (bicyclic) bond motifs is 7. The Morgan fingerprint density at radius 2 is 1.23 bits per heavy atom. The van der Waals surface area contributed by atoms with Crippen LogP contribution in [0, 0.1) is 11.8 Å². The summed E-state index contributed by atoms with van der Waals surface area (Å²) in [6, 6.07) is 56.1. The quantitative estimate of drug-likeness (QED) is 0.167. The lowest BCUT2D eigenvalue weighted by Crippen LogP contribution is -2.19. The van der Waals surface area contributed by atoms with Crippen molar-refractivity contribution in [1.29, 1.82) is 0 Å². The molecule has 4 aliphatic carbocycles. The molecule has 264 valence electrons. The fraction of sp³-hybridized carbons (Fsp3) is 0.0714. The van der Waals surface area contributed by atoms with Gasteiger partial charge in [-0.2, -0.15) is 0 Å². The Labute approximate surface area is 329 Å². The number of allylic oxidation sites excluding steroid dienone is 13. The van der Waals surface area contributed by atoms with Crippen molar-refractivity contribution in [1.82, 2.24) is 0 Å². The summed E-state index contributed by atoms with van der Waals surface area (Å²) in [5.41, 5.74) is 17.1. The van der Waals surface area contributed by atoms with Crippen LogP contribution in [0.3, 0.4) is 0 Å². The van der Waals surface area contributed by atoms with Crippen LogP contribution >= 0.6 is 0 Å². The molecule has 7 aromatic carbocycles. The van der Waals surface area contributed by atoms with Crippen LogP contribution in [0.1, 0.15) is 40.2 Å². The van der Waals surface area contributed by atoms with Crippen molar-refractivity contribution in [2.45, 2.75) is 12.3 Å². The molecule has 3 atom stereocenters. The maximum Gasteiger partial charge on any atom is 0.0137 e. The summed E-state index contributed by atoms with van der Waals surface area (Å²) >= 11 is 0. The van der Waals surface area contributed by atoms with Crippen LogP contribution in [0.25, 0.3) is 66.6 Å². The Hall–Kier alpha value is -6.76. The van der Waals surface area contributed by atoms with Crippen LogP contribution in [-0.4, -0.2) is 0 Å². The first-order valence-electron chi connectivity index (χ1n) is 19.9. The van der Waals surface area contributed by atoms with Gasteiger partial charge in [-0.05, 0) is 125 Å². The van der Waals surface area contributed by atoms with E-state index in [2.05, 4.69) is 212 Å². The summed E-state index contributed by atoms with van der Waals surface area (Å²) < 4.78 is 0. The molecular weight excluding hydrogens is 673 g/mol. The highest BCUT2D eigenvalue weighted by Crippen LogP contribution is 2.52. The molecule has 0 N–H and O–H groups in total. The molecule has 3 unspecified atom stereocenters. The average Bonchev–Trinajstić information content (AvgIpc) is 3.28. The Morgan fingerprint density at radius 1 is 0.464 bits per heavy atom. The highest BCUT2D eigenvalue weighted by molar-refractivity contribution is 6.06. The summed E-state index contributed by atoms with van der Waals surface area (Å²) in [6.07, 6.45) is 24.7. The predicted molar refractivity (Wildman–Crippen MR) is 239 cm³/mol. The maximum absolute atomic E-state index is 2.56. The van der Waals surface area contributed by atoms with E-state index in [0.29, 0.717) is 5.92 Å². The van der Waals surface area contributed by atoms with Crippen LogP contribution in [-0.2, 0) is 0 Å². The van der Waals surface area contributed by atoms with Crippen molar-refractivity contribution in [2.24, 2.45) is 11.8 Å². The molecule has 0 heterocycles. The van der Waals surface area contributed by atoms with Gasteiger partial charge < -0.3 is 0 Å². The number of benzene rings is 7. The predicted octanol–water partition coefficient (Wildman–Crippen LogP) is 14.7. The van der Waals surface area contributed by atoms with E-state index in [1.165, 1.54) is 93.9 Å². The molecule has 0 aromatic heterocycles. The van der Waals surface area contributed by atoms with Gasteiger partial charge in [0.05, 0.1) is 0 Å². The van der Waals surface area contributed by atoms with Crippen molar-refractivity contribution in [3.05, 3.63) is 240 Å². The van der Waals surface area contributed by atoms with Gasteiger partial charge >= 0.3 is 0 Å². The molecule has 56 heavy (non-hydrogen) atoms. The average molecular weight is 713 g/mol. The third kappa shape index (κ3) is 5.61. The third-order valence-corrected chi connectivity index (χ3v) is 12.4. The second-order valence-corrected chi connectivity index (χ2v) is 15.6. The second kappa shape index (κ2) is 13.5. The van der Waals surface area contributed by atoms with Gasteiger partial charge in [0.2, 0.25) is 0 Å². The van der Waals surface area contributed by atoms with Crippen LogP contribution < -0.4 is 0 Å². The Morgan fingerprint density at radius 3 is 2.12 bits per heavy atom. The zero-order valence-corrected chi connectivity index (χ0v) is 31.1. The summed E-state index contributed by atoms with van der Waals surface area (Å²) in [5.74, 6) is 0.781. The van der Waals surface area contributed by atoms with Crippen LogP contribution in [0.5, 0.6) is 0 Å². The highest BCUT2D eigenvalue weighted by atomic mass is 14.4. The molecule has 4 aliphatic rings. The first kappa shape index (κ1) is 32.7. The SMILES string of the molecule is C1=CC2=CC=C(c3cc4c(c5ccc(-c6ccccc6)cc35)C=C(c3cccc(-c5cccc6ccccc56)c3)C3C=C(c5ccccc5)C=CC43)CC2C=C1. The molecule has 0 fully saturated rings. The molecule has 0 nitrogen and oxygen atoms in total. The van der Waals surface area contributed by atoms with Crippen LogP contribution in [0.15, 0.2) is 212 Å². The van der Waals surface area contributed by atoms with Crippen molar-refractivity contribution < 1.29 is 0 Å². The second-order valence-electron chi connectivity index (χ2n) is 15.6. The summed E-state index contributed by atoms with van der Waals surface area (Å²) in [7, 11) is 0. The van der Waals surface area contributed by atoms with Crippen molar-refractivity contribution in [3.8, 4) is 22.3 Å². The molecular formula is C56H40. The lowest BCUT2D eigenvalue weighted by molar-refractivity contribution is 0.712. The van der Waals surface area contributed by atoms with Gasteiger partial charge in [0.1, 0.15) is 0 Å². The van der Waals surface area contributed by atoms with Gasteiger partial charge in [-0.25, -0.2) is 0 Å². The first-order chi connectivity index (χ1) is 27.7. The molecule has 0 bridgehead atoms. The lowest BCUT2D eigenvalue weighted by Gasteiger charge is -2.36. The Balaban J connectivity index is 1.14. The Kier molecular flexibility index (Phi) is 7.88. The topological polar surface area (TPSA) is 0 Å². The van der Waals surface area contributed by atoms with Gasteiger partial charge in [-0.1, -0.05) is 188 Å². The van der Waals surface area contributed by atoms with E-state index in [1.54, 1.807) is 0 Å². The number of hydrogen-bond donors (Lipinski definition) is 0. The molecule has 0 spiro atoms. The number of hydrogen-bond acceptors (Lipinski definition) is 0. The minimum atomic E-state index is 0.178. The van der Waals surface area contributed by atoms with Gasteiger partial charge in [-0.15, -0.1) is 0 Å². The number of rotatable bonds is 5. The molecule has 0 amide bonds. The normalized spacial score (nSPS) is 19.4. The van der Waals surface area contributed by atoms with Gasteiger partial charge in [0.25, 0.3) is 0 Å². The van der Waals surface area contributed by atoms with Gasteiger partial charge in [0, 0.05) is 17.8 Å². The van der Waals surface area contributed by atoms with E-state index in [1.807, 2.05) is 0 Å². The van der Waals surface area contributed by atoms with Crippen molar-refractivity contribution in [2.75, 3.05) is 0 Å². The molecule has 7 aromatic rings. The summed E-state index contributed by atoms with van der Waals surface area (Å²) in [4.78, 5) is 0. The third-order valence-electron chi connectivity index (χ3n) is 12.4. The fourth-order valence-electron chi connectivity index (χ4n) is 9.60. The van der Waals surface area contributed by atoms with Gasteiger partial charge in [-0.3, -0.25) is 0 Å². The van der Waals surface area contributed by atoms with E-state index in [0.717, 1.165) is 6.42 Å². The zero-order chi connectivity index (χ0) is 37.0. The van der Waals surface area contributed by atoms with E-state index in [4.69, 9.17) is 0 Å². The van der Waals surface area contributed by atoms with Crippen LogP contribution in [0.2, 0.25) is 0 Å². The van der Waals surface area contributed by atoms with Crippen molar-refractivity contribution >= 4 is 44.3 Å². The largest absolute Gasteiger partial charge is 0.0767 e. The molecule has 0 heteroatoms. The summed E-state index contributed by atoms with van der Waals surface area (Å²) in [5, 5.41) is 5.19. The molecule has 0 saturated carbocycles. The highest BCUT2D eigenvalue weighted by Gasteiger charge is 2.34. The molecule has 0 aliphatic heterocycles. The maximum atomic E-state index is 2.56. The van der Waals surface area contributed by atoms with E-state index in [-0.39, 0.29) is 11.8 Å². The van der Waals surface area contributed by atoms with Crippen molar-refractivity contribution in [3.63, 3.8) is 0 Å². The van der Waals surface area contributed by atoms with E-state index in [9.17, 15) is 0 Å². The van der Waals surface area contributed by atoms with Crippen LogP contribution in [0.4, 0.5) is 0 Å². The molecule has 0 saturated heterocycles. The summed E-state index contributed by atoms with van der Waals surface area (Å²) in [6.45, 7) is 0. The monoisotopic (exact) mass is 712 g/mol. The van der Waals surface area contributed by atoms with E-state index < -0.39 is 0 Å². The molecule has 0 radical (unpaired) electrons. The minimum absolute atomic E-state index is 0.178. The van der Waals surface area contributed by atoms with Gasteiger partial charge in [0.15, 0.2) is 0 Å². The lowest BCUT2D eigenvalue weighted by atomic mass is 9.68. The first-order valence-corrected chi connectivity index (χ1v) is 19.9. The minimum Gasteiger partial charge on any atom is -0.0767 e. The zero-order valence-electron chi connectivity index (χ0n) is 31.1. The fourth-order valence-corrected chi connectivity index (χ4v) is 9.60. The van der Waals surface area contributed by atoms with E-state index >= 15 is 0 Å². The smallest absolute Gasteiger partial charge is 0.0137 e.